The highest BCUT2D eigenvalue weighted by Gasteiger charge is 2.32. The van der Waals surface area contributed by atoms with Gasteiger partial charge in [-0.2, -0.15) is 18.2 Å². The third kappa shape index (κ3) is 3.48. The summed E-state index contributed by atoms with van der Waals surface area (Å²) in [4.78, 5) is 20.4. The van der Waals surface area contributed by atoms with Crippen molar-refractivity contribution in [1.82, 2.24) is 20.0 Å². The second-order valence-electron chi connectivity index (χ2n) is 4.06. The quantitative estimate of drug-likeness (QED) is 0.868. The van der Waals surface area contributed by atoms with Gasteiger partial charge in [-0.1, -0.05) is 16.8 Å². The topological polar surface area (TPSA) is 72.1 Å². The second-order valence-corrected chi connectivity index (χ2v) is 4.47. The number of hydrogen-bond donors (Lipinski definition) is 0. The lowest BCUT2D eigenvalue weighted by atomic mass is 10.2. The highest BCUT2D eigenvalue weighted by molar-refractivity contribution is 6.33. The Labute approximate surface area is 121 Å². The number of carbonyl (C=O) groups excluding carboxylic acids is 1. The van der Waals surface area contributed by atoms with Crippen molar-refractivity contribution < 1.29 is 22.5 Å². The van der Waals surface area contributed by atoms with E-state index >= 15 is 0 Å². The van der Waals surface area contributed by atoms with Crippen LogP contribution in [-0.2, 0) is 12.7 Å². The van der Waals surface area contributed by atoms with Crippen LogP contribution in [0.3, 0.4) is 0 Å². The first kappa shape index (κ1) is 15.2. The average molecular weight is 321 g/mol. The van der Waals surface area contributed by atoms with Gasteiger partial charge in [-0.05, 0) is 6.07 Å². The molecule has 0 N–H and O–H groups in total. The molecule has 0 aliphatic heterocycles. The van der Waals surface area contributed by atoms with Crippen LogP contribution in [0, 0.1) is 0 Å². The van der Waals surface area contributed by atoms with E-state index in [0.717, 1.165) is 11.3 Å². The van der Waals surface area contributed by atoms with Crippen LogP contribution in [-0.4, -0.2) is 33.0 Å². The summed E-state index contributed by atoms with van der Waals surface area (Å²) in [7, 11) is 1.41. The van der Waals surface area contributed by atoms with Gasteiger partial charge in [0.1, 0.15) is 5.69 Å². The molecule has 2 rings (SSSR count). The molecule has 0 aromatic carbocycles. The Morgan fingerprint density at radius 1 is 1.43 bits per heavy atom. The van der Waals surface area contributed by atoms with Crippen LogP contribution >= 0.6 is 11.6 Å². The second kappa shape index (κ2) is 5.68. The SMILES string of the molecule is CN(Cc1ncon1)C(=O)c1ncc(C(F)(F)F)cc1Cl. The van der Waals surface area contributed by atoms with Gasteiger partial charge in [0, 0.05) is 13.2 Å². The minimum atomic E-state index is -4.57. The predicted molar refractivity (Wildman–Crippen MR) is 64.3 cm³/mol. The molecule has 10 heteroatoms. The number of nitrogens with zero attached hydrogens (tertiary/aromatic N) is 4. The van der Waals surface area contributed by atoms with Crippen molar-refractivity contribution in [1.29, 1.82) is 0 Å². The Hall–Kier alpha value is -2.16. The summed E-state index contributed by atoms with van der Waals surface area (Å²) in [6.45, 7) is 0.00830. The molecule has 2 heterocycles. The minimum Gasteiger partial charge on any atom is -0.343 e. The van der Waals surface area contributed by atoms with Crippen molar-refractivity contribution in [2.24, 2.45) is 0 Å². The van der Waals surface area contributed by atoms with E-state index in [-0.39, 0.29) is 23.1 Å². The van der Waals surface area contributed by atoms with Crippen LogP contribution in [0.5, 0.6) is 0 Å². The summed E-state index contributed by atoms with van der Waals surface area (Å²) in [6, 6.07) is 0.657. The Kier molecular flexibility index (Phi) is 4.12. The van der Waals surface area contributed by atoms with E-state index in [4.69, 9.17) is 11.6 Å². The van der Waals surface area contributed by atoms with Crippen LogP contribution in [0.15, 0.2) is 23.2 Å². The number of amides is 1. The summed E-state index contributed by atoms with van der Waals surface area (Å²) in [5, 5.41) is 3.14. The molecule has 0 radical (unpaired) electrons. The third-order valence-corrected chi connectivity index (χ3v) is 2.79. The Balaban J connectivity index is 2.19. The molecule has 112 valence electrons. The number of aromatic nitrogens is 3. The van der Waals surface area contributed by atoms with Gasteiger partial charge in [0.25, 0.3) is 5.91 Å². The predicted octanol–water partition coefficient (Wildman–Crippen LogP) is 2.41. The molecule has 0 aliphatic rings. The first-order valence-corrected chi connectivity index (χ1v) is 5.90. The molecule has 0 bridgehead atoms. The minimum absolute atomic E-state index is 0.00830. The van der Waals surface area contributed by atoms with Gasteiger partial charge in [0.05, 0.1) is 17.1 Å². The molecule has 21 heavy (non-hydrogen) atoms. The number of hydrogen-bond acceptors (Lipinski definition) is 5. The van der Waals surface area contributed by atoms with Crippen LogP contribution in [0.2, 0.25) is 5.02 Å². The fraction of sp³-hybridized carbons (Fsp3) is 0.273. The molecular formula is C11H8ClF3N4O2. The van der Waals surface area contributed by atoms with E-state index in [0.29, 0.717) is 12.3 Å². The van der Waals surface area contributed by atoms with E-state index in [1.54, 1.807) is 0 Å². The maximum absolute atomic E-state index is 12.5. The summed E-state index contributed by atoms with van der Waals surface area (Å²) in [6.07, 6.45) is -2.92. The molecule has 1 amide bonds. The first-order valence-electron chi connectivity index (χ1n) is 5.52. The lowest BCUT2D eigenvalue weighted by Crippen LogP contribution is -2.28. The van der Waals surface area contributed by atoms with Crippen LogP contribution in [0.25, 0.3) is 0 Å². The van der Waals surface area contributed by atoms with Crippen LogP contribution < -0.4 is 0 Å². The normalized spacial score (nSPS) is 11.5. The molecule has 2 aromatic rings. The zero-order chi connectivity index (χ0) is 15.6. The fourth-order valence-corrected chi connectivity index (χ4v) is 1.72. The van der Waals surface area contributed by atoms with E-state index in [9.17, 15) is 18.0 Å². The molecule has 0 unspecified atom stereocenters. The zero-order valence-electron chi connectivity index (χ0n) is 10.6. The van der Waals surface area contributed by atoms with Crippen molar-refractivity contribution in [2.45, 2.75) is 12.7 Å². The molecule has 0 saturated heterocycles. The highest BCUT2D eigenvalue weighted by atomic mass is 35.5. The molecule has 0 aliphatic carbocycles. The van der Waals surface area contributed by atoms with Crippen molar-refractivity contribution in [3.63, 3.8) is 0 Å². The van der Waals surface area contributed by atoms with Gasteiger partial charge >= 0.3 is 6.18 Å². The van der Waals surface area contributed by atoms with Crippen LogP contribution in [0.1, 0.15) is 21.9 Å². The summed E-state index contributed by atoms with van der Waals surface area (Å²) < 4.78 is 42.0. The van der Waals surface area contributed by atoms with Gasteiger partial charge in [-0.3, -0.25) is 4.79 Å². The molecule has 0 saturated carbocycles. The largest absolute Gasteiger partial charge is 0.417 e. The number of rotatable bonds is 3. The molecule has 0 atom stereocenters. The summed E-state index contributed by atoms with van der Waals surface area (Å²) in [5.41, 5.74) is -1.31. The lowest BCUT2D eigenvalue weighted by Gasteiger charge is -2.15. The van der Waals surface area contributed by atoms with Gasteiger partial charge in [-0.15, -0.1) is 0 Å². The third-order valence-electron chi connectivity index (χ3n) is 2.50. The molecule has 0 fully saturated rings. The number of alkyl halides is 3. The van der Waals surface area contributed by atoms with Gasteiger partial charge in [0.2, 0.25) is 6.39 Å². The van der Waals surface area contributed by atoms with E-state index in [2.05, 4.69) is 19.6 Å². The Morgan fingerprint density at radius 2 is 2.14 bits per heavy atom. The smallest absolute Gasteiger partial charge is 0.343 e. The summed E-state index contributed by atoms with van der Waals surface area (Å²) >= 11 is 5.70. The fourth-order valence-electron chi connectivity index (χ4n) is 1.48. The van der Waals surface area contributed by atoms with Crippen molar-refractivity contribution in [2.75, 3.05) is 7.05 Å². The van der Waals surface area contributed by atoms with Crippen molar-refractivity contribution in [3.05, 3.63) is 40.8 Å². The van der Waals surface area contributed by atoms with Crippen molar-refractivity contribution >= 4 is 17.5 Å². The molecular weight excluding hydrogens is 313 g/mol. The highest BCUT2D eigenvalue weighted by Crippen LogP contribution is 2.31. The lowest BCUT2D eigenvalue weighted by molar-refractivity contribution is -0.137. The number of carbonyl (C=O) groups is 1. The van der Waals surface area contributed by atoms with Gasteiger partial charge in [0.15, 0.2) is 5.82 Å². The first-order chi connectivity index (χ1) is 9.79. The van der Waals surface area contributed by atoms with Crippen LogP contribution in [0.4, 0.5) is 13.2 Å². The monoisotopic (exact) mass is 320 g/mol. The van der Waals surface area contributed by atoms with E-state index in [1.165, 1.54) is 7.05 Å². The van der Waals surface area contributed by atoms with Gasteiger partial charge < -0.3 is 9.42 Å². The van der Waals surface area contributed by atoms with E-state index < -0.39 is 17.6 Å². The van der Waals surface area contributed by atoms with Gasteiger partial charge in [-0.25, -0.2) is 4.98 Å². The standard InChI is InChI=1S/C11H8ClF3N4O2/c1-19(4-8-17-5-21-18-8)10(20)9-7(12)2-6(3-16-9)11(13,14)15/h2-3,5H,4H2,1H3. The summed E-state index contributed by atoms with van der Waals surface area (Å²) in [5.74, 6) is -0.410. The zero-order valence-corrected chi connectivity index (χ0v) is 11.3. The molecule has 2 aromatic heterocycles. The van der Waals surface area contributed by atoms with E-state index in [1.807, 2.05) is 0 Å². The average Bonchev–Trinajstić information content (AvgIpc) is 2.89. The Bertz CT molecular complexity index is 645. The number of halogens is 4. The maximum Gasteiger partial charge on any atom is 0.417 e. The van der Waals surface area contributed by atoms with Crippen molar-refractivity contribution in [3.8, 4) is 0 Å². The maximum atomic E-state index is 12.5. The number of pyridine rings is 1. The molecule has 6 nitrogen and oxygen atoms in total. The Morgan fingerprint density at radius 3 is 2.67 bits per heavy atom. The molecule has 0 spiro atoms.